The van der Waals surface area contributed by atoms with E-state index >= 15 is 0 Å². The normalized spacial score (nSPS) is 18.1. The molecular formula is C34H51N3O3RuS. The van der Waals surface area contributed by atoms with Crippen LogP contribution in [0, 0.1) is 5.92 Å². The molecule has 0 spiro atoms. The van der Waals surface area contributed by atoms with Gasteiger partial charge in [0.25, 0.3) is 0 Å². The Balaban J connectivity index is 0.00000484. The molecule has 0 radical (unpaired) electrons. The van der Waals surface area contributed by atoms with Gasteiger partial charge in [0.15, 0.2) is 0 Å². The van der Waals surface area contributed by atoms with Gasteiger partial charge >= 0.3 is 0 Å². The number of anilines is 1. The molecular weight excluding hydrogens is 632 g/mol. The third kappa shape index (κ3) is 8.05. The first-order valence-electron chi connectivity index (χ1n) is 15.4. The van der Waals surface area contributed by atoms with Crippen LogP contribution in [0.2, 0.25) is 0 Å². The summed E-state index contributed by atoms with van der Waals surface area (Å²) in [5, 5.41) is 0. The first-order chi connectivity index (χ1) is 19.4. The van der Waals surface area contributed by atoms with Crippen molar-refractivity contribution in [2.45, 2.75) is 96.5 Å². The average Bonchev–Trinajstić information content (AvgIpc) is 3.30. The van der Waals surface area contributed by atoms with E-state index in [1.807, 2.05) is 19.9 Å². The maximum Gasteiger partial charge on any atom is 0.242 e. The van der Waals surface area contributed by atoms with Crippen LogP contribution in [-0.2, 0) is 29.5 Å². The molecule has 8 heteroatoms. The third-order valence-electron chi connectivity index (χ3n) is 8.37. The van der Waals surface area contributed by atoms with Crippen LogP contribution in [0.25, 0.3) is 6.08 Å². The summed E-state index contributed by atoms with van der Waals surface area (Å²) in [4.78, 5) is 5.37. The Hall–Kier alpha value is -1.73. The number of sulfonamides is 1. The van der Waals surface area contributed by atoms with Crippen LogP contribution in [0.4, 0.5) is 5.69 Å². The van der Waals surface area contributed by atoms with Crippen LogP contribution in [0.5, 0.6) is 5.75 Å². The van der Waals surface area contributed by atoms with Gasteiger partial charge in [-0.15, -0.1) is 0 Å². The van der Waals surface area contributed by atoms with Crippen LogP contribution >= 0.6 is 0 Å². The van der Waals surface area contributed by atoms with Crippen molar-refractivity contribution in [2.24, 2.45) is 5.92 Å². The molecule has 0 unspecified atom stereocenters. The molecule has 4 rings (SSSR count). The standard InChI is InChI=1S/C34H51N3O3S.Ru/c1-24(2)31-15-12-16-32(25(3)4)34(31)37-23-36(21-27-13-10-9-11-14-27)22-29(37)19-28-20-30(41(38,39)35(7)8)17-18-33(28)40-26(5)6;/h12,15-20,24-27H,9-11,13-14,21-23H2,1-8H3;. The maximum absolute atomic E-state index is 13.1. The van der Waals surface area contributed by atoms with Gasteiger partial charge in [-0.25, -0.2) is 12.7 Å². The van der Waals surface area contributed by atoms with E-state index in [-0.39, 0.29) is 30.5 Å². The van der Waals surface area contributed by atoms with E-state index in [0.717, 1.165) is 31.2 Å². The molecule has 0 bridgehead atoms. The van der Waals surface area contributed by atoms with Gasteiger partial charge in [-0.3, -0.25) is 4.90 Å². The largest absolute Gasteiger partial charge is 0.490 e. The summed E-state index contributed by atoms with van der Waals surface area (Å²) < 4.78 is 33.7. The monoisotopic (exact) mass is 683 g/mol. The Labute approximate surface area is 268 Å². The van der Waals surface area contributed by atoms with E-state index in [2.05, 4.69) is 61.8 Å². The Bertz CT molecular complexity index is 1310. The topological polar surface area (TPSA) is 53.1 Å². The molecule has 1 saturated heterocycles. The number of nitrogens with zero attached hydrogens (tertiary/aromatic N) is 3. The Morgan fingerprint density at radius 3 is 2.12 bits per heavy atom. The minimum atomic E-state index is -3.59. The first-order valence-corrected chi connectivity index (χ1v) is 16.9. The summed E-state index contributed by atoms with van der Waals surface area (Å²) in [7, 11) is -0.438. The van der Waals surface area contributed by atoms with Gasteiger partial charge in [-0.2, -0.15) is 0 Å². The van der Waals surface area contributed by atoms with Crippen LogP contribution in [0.3, 0.4) is 0 Å². The second kappa shape index (κ2) is 14.8. The minimum absolute atomic E-state index is 0. The molecule has 0 aromatic heterocycles. The fourth-order valence-corrected chi connectivity index (χ4v) is 7.16. The van der Waals surface area contributed by atoms with E-state index in [1.54, 1.807) is 26.2 Å². The Morgan fingerprint density at radius 1 is 0.952 bits per heavy atom. The smallest absolute Gasteiger partial charge is 0.242 e. The minimum Gasteiger partial charge on any atom is -0.490 e. The van der Waals surface area contributed by atoms with Crippen LogP contribution in [0.1, 0.15) is 102 Å². The summed E-state index contributed by atoms with van der Waals surface area (Å²) >= 11 is 0. The van der Waals surface area contributed by atoms with E-state index in [0.29, 0.717) is 17.6 Å². The van der Waals surface area contributed by atoms with E-state index < -0.39 is 10.0 Å². The predicted molar refractivity (Wildman–Crippen MR) is 171 cm³/mol. The van der Waals surface area contributed by atoms with Crippen molar-refractivity contribution < 1.29 is 32.6 Å². The fraction of sp³-hybridized carbons (Fsp3) is 0.588. The Kier molecular flexibility index (Phi) is 12.3. The Morgan fingerprint density at radius 2 is 1.57 bits per heavy atom. The predicted octanol–water partition coefficient (Wildman–Crippen LogP) is 7.67. The van der Waals surface area contributed by atoms with E-state index in [4.69, 9.17) is 4.74 Å². The van der Waals surface area contributed by atoms with Crippen molar-refractivity contribution in [3.05, 3.63) is 58.8 Å². The van der Waals surface area contributed by atoms with Gasteiger partial charge in [0, 0.05) is 63.6 Å². The quantitative estimate of drug-likeness (QED) is 0.241. The molecule has 2 aromatic rings. The van der Waals surface area contributed by atoms with Gasteiger partial charge < -0.3 is 9.64 Å². The molecule has 2 aliphatic rings. The molecule has 6 nitrogen and oxygen atoms in total. The van der Waals surface area contributed by atoms with Crippen molar-refractivity contribution in [1.29, 1.82) is 0 Å². The fourth-order valence-electron chi connectivity index (χ4n) is 6.23. The maximum atomic E-state index is 13.1. The van der Waals surface area contributed by atoms with Crippen LogP contribution in [0.15, 0.2) is 47.0 Å². The van der Waals surface area contributed by atoms with Gasteiger partial charge in [0.2, 0.25) is 10.0 Å². The summed E-state index contributed by atoms with van der Waals surface area (Å²) in [5.74, 6) is 2.21. The molecule has 1 aliphatic heterocycles. The van der Waals surface area contributed by atoms with Crippen molar-refractivity contribution in [3.8, 4) is 5.75 Å². The molecule has 2 fully saturated rings. The molecule has 42 heavy (non-hydrogen) atoms. The average molecular weight is 683 g/mol. The van der Waals surface area contributed by atoms with Gasteiger partial charge in [-0.1, -0.05) is 65.2 Å². The third-order valence-corrected chi connectivity index (χ3v) is 10.2. The summed E-state index contributed by atoms with van der Waals surface area (Å²) in [6, 6.07) is 12.0. The number of hydrogen-bond acceptors (Lipinski definition) is 5. The summed E-state index contributed by atoms with van der Waals surface area (Å²) in [6.45, 7) is 15.8. The molecule has 0 N–H and O–H groups in total. The van der Waals surface area contributed by atoms with Crippen molar-refractivity contribution in [3.63, 3.8) is 0 Å². The molecule has 234 valence electrons. The van der Waals surface area contributed by atoms with Gasteiger partial charge in [0.1, 0.15) is 5.75 Å². The number of hydrogen-bond donors (Lipinski definition) is 0. The van der Waals surface area contributed by atoms with Crippen LogP contribution < -0.4 is 9.64 Å². The molecule has 2 aromatic carbocycles. The van der Waals surface area contributed by atoms with Crippen molar-refractivity contribution >= 4 is 21.8 Å². The molecule has 1 aliphatic carbocycles. The molecule has 1 heterocycles. The van der Waals surface area contributed by atoms with Crippen molar-refractivity contribution in [1.82, 2.24) is 9.21 Å². The molecule has 0 amide bonds. The number of benzene rings is 2. The second-order valence-electron chi connectivity index (χ2n) is 13.0. The van der Waals surface area contributed by atoms with E-state index in [9.17, 15) is 8.42 Å². The van der Waals surface area contributed by atoms with Gasteiger partial charge in [-0.05, 0) is 79.8 Å². The molecule has 0 atom stereocenters. The number of rotatable bonds is 10. The van der Waals surface area contributed by atoms with Gasteiger partial charge in [0.05, 0.1) is 17.7 Å². The zero-order chi connectivity index (χ0) is 29.9. The second-order valence-corrected chi connectivity index (χ2v) is 15.1. The SMILES string of the molecule is CC(C)Oc1ccc(S(=O)(=O)N(C)C)cc1C=C1CN(CC2CCCCC2)CN1c1c(C(C)C)cccc1C(C)C.[Ru]. The first kappa shape index (κ1) is 34.8. The number of ether oxygens (including phenoxy) is 1. The summed E-state index contributed by atoms with van der Waals surface area (Å²) in [6.07, 6.45) is 8.80. The number of para-hydroxylation sites is 1. The van der Waals surface area contributed by atoms with Crippen LogP contribution in [-0.4, -0.2) is 57.6 Å². The zero-order valence-corrected chi connectivity index (χ0v) is 29.4. The van der Waals surface area contributed by atoms with Crippen molar-refractivity contribution in [2.75, 3.05) is 38.8 Å². The molecule has 1 saturated carbocycles. The zero-order valence-electron chi connectivity index (χ0n) is 26.8. The van der Waals surface area contributed by atoms with E-state index in [1.165, 1.54) is 58.9 Å². The summed E-state index contributed by atoms with van der Waals surface area (Å²) in [5.41, 5.74) is 5.99.